The average molecular weight is 568 g/mol. The Hall–Kier alpha value is -5.25. The van der Waals surface area contributed by atoms with Crippen molar-refractivity contribution in [2.75, 3.05) is 0 Å². The highest BCUT2D eigenvalue weighted by molar-refractivity contribution is 5.58. The van der Waals surface area contributed by atoms with Gasteiger partial charge in [-0.25, -0.2) is 0 Å². The van der Waals surface area contributed by atoms with E-state index in [2.05, 4.69) is 0 Å². The number of hydrogen-bond donors (Lipinski definition) is 0. The maximum absolute atomic E-state index is 12.9. The molecule has 40 heavy (non-hydrogen) atoms. The molecule has 2 aromatic carbocycles. The molecule has 0 fully saturated rings. The normalized spacial score (nSPS) is 10.4. The third-order valence-corrected chi connectivity index (χ3v) is 4.57. The molecule has 0 saturated heterocycles. The first-order chi connectivity index (χ1) is 18.5. The fourth-order valence-corrected chi connectivity index (χ4v) is 3.12. The van der Waals surface area contributed by atoms with E-state index in [4.69, 9.17) is 31.6 Å². The van der Waals surface area contributed by atoms with E-state index >= 15 is 0 Å². The molecule has 0 bridgehead atoms. The zero-order chi connectivity index (χ0) is 31.5. The minimum atomic E-state index is -5.42. The van der Waals surface area contributed by atoms with Crippen LogP contribution < -0.4 is 0 Å². The number of alkyl halides is 9. The second kappa shape index (κ2) is 14.1. The minimum Gasteiger partial charge on any atom is -0.198 e. The molecule has 15 heteroatoms. The quantitative estimate of drug-likeness (QED) is 0.355. The van der Waals surface area contributed by atoms with Gasteiger partial charge in [-0.2, -0.15) is 71.1 Å². The summed E-state index contributed by atoms with van der Waals surface area (Å²) in [7, 11) is 0. The Bertz CT molecular complexity index is 1490. The fraction of sp³-hybridized carbons (Fsp3) is 0.280. The van der Waals surface area contributed by atoms with Gasteiger partial charge < -0.3 is 0 Å². The lowest BCUT2D eigenvalue weighted by molar-refractivity contribution is -0.162. The topological polar surface area (TPSA) is 143 Å². The van der Waals surface area contributed by atoms with Crippen LogP contribution in [0.1, 0.15) is 63.9 Å². The first-order valence-electron chi connectivity index (χ1n) is 10.4. The first-order valence-corrected chi connectivity index (χ1v) is 10.4. The summed E-state index contributed by atoms with van der Waals surface area (Å²) in [5, 5.41) is 51.7. The lowest BCUT2D eigenvalue weighted by Crippen LogP contribution is -2.21. The van der Waals surface area contributed by atoms with Crippen LogP contribution in [0.3, 0.4) is 0 Å². The molecule has 206 valence electrons. The van der Waals surface area contributed by atoms with Crippen molar-refractivity contribution in [3.8, 4) is 36.4 Å². The van der Waals surface area contributed by atoms with Crippen LogP contribution in [-0.4, -0.2) is 0 Å². The predicted molar refractivity (Wildman–Crippen MR) is 117 cm³/mol. The van der Waals surface area contributed by atoms with Gasteiger partial charge in [-0.05, 0) is 29.3 Å². The number of hydrogen-bond acceptors (Lipinski definition) is 6. The van der Waals surface area contributed by atoms with E-state index in [1.807, 2.05) is 13.8 Å². The Morgan fingerprint density at radius 1 is 0.550 bits per heavy atom. The van der Waals surface area contributed by atoms with E-state index in [1.54, 1.807) is 18.2 Å². The van der Waals surface area contributed by atoms with Gasteiger partial charge >= 0.3 is 18.5 Å². The van der Waals surface area contributed by atoms with Crippen LogP contribution in [0, 0.1) is 68.0 Å². The molecule has 0 spiro atoms. The second-order valence-electron chi connectivity index (χ2n) is 6.86. The molecular formula is C25H13F9N6. The predicted octanol–water partition coefficient (Wildman–Crippen LogP) is 7.07. The van der Waals surface area contributed by atoms with Crippen LogP contribution in [0.5, 0.6) is 0 Å². The summed E-state index contributed by atoms with van der Waals surface area (Å²) in [4.78, 5) is 0. The van der Waals surface area contributed by atoms with Gasteiger partial charge in [0.1, 0.15) is 12.1 Å². The molecule has 0 aromatic heterocycles. The van der Waals surface area contributed by atoms with Crippen molar-refractivity contribution < 1.29 is 39.5 Å². The van der Waals surface area contributed by atoms with E-state index in [9.17, 15) is 39.5 Å². The molecule has 0 N–H and O–H groups in total. The molecule has 0 saturated carbocycles. The Balaban J connectivity index is 0.000000730. The third-order valence-electron chi connectivity index (χ3n) is 4.57. The van der Waals surface area contributed by atoms with Gasteiger partial charge in [0.25, 0.3) is 0 Å². The molecule has 0 unspecified atom stereocenters. The number of nitrogens with zero attached hydrogens (tertiary/aromatic N) is 6. The number of benzene rings is 2. The minimum absolute atomic E-state index is 0.0255. The summed E-state index contributed by atoms with van der Waals surface area (Å²) in [6, 6.07) is 10.1. The highest BCUT2D eigenvalue weighted by Crippen LogP contribution is 2.44. The van der Waals surface area contributed by atoms with Gasteiger partial charge in [0.15, 0.2) is 0 Å². The molecule has 2 rings (SSSR count). The number of halogens is 9. The van der Waals surface area contributed by atoms with E-state index < -0.39 is 64.8 Å². The molecular weight excluding hydrogens is 555 g/mol. The van der Waals surface area contributed by atoms with Crippen LogP contribution in [0.2, 0.25) is 0 Å². The Labute approximate surface area is 221 Å². The zero-order valence-electron chi connectivity index (χ0n) is 20.2. The van der Waals surface area contributed by atoms with Gasteiger partial charge in [0.2, 0.25) is 0 Å². The summed E-state index contributed by atoms with van der Waals surface area (Å²) in [6.07, 6.45) is -17.1. The lowest BCUT2D eigenvalue weighted by Gasteiger charge is -2.19. The van der Waals surface area contributed by atoms with E-state index in [0.717, 1.165) is 6.07 Å². The molecule has 0 atom stereocenters. The van der Waals surface area contributed by atoms with Gasteiger partial charge in [0, 0.05) is 0 Å². The van der Waals surface area contributed by atoms with E-state index in [1.165, 1.54) is 18.2 Å². The van der Waals surface area contributed by atoms with Gasteiger partial charge in [-0.3, -0.25) is 0 Å². The van der Waals surface area contributed by atoms with Crippen molar-refractivity contribution in [2.45, 2.75) is 45.2 Å². The highest BCUT2D eigenvalue weighted by Gasteiger charge is 2.46. The van der Waals surface area contributed by atoms with Crippen LogP contribution in [0.4, 0.5) is 39.5 Å². The zero-order valence-corrected chi connectivity index (χ0v) is 20.2. The van der Waals surface area contributed by atoms with Gasteiger partial charge in [0.05, 0.1) is 76.1 Å². The largest absolute Gasteiger partial charge is 0.417 e. The van der Waals surface area contributed by atoms with Crippen molar-refractivity contribution in [2.24, 2.45) is 0 Å². The van der Waals surface area contributed by atoms with E-state index in [0.29, 0.717) is 6.07 Å². The van der Waals surface area contributed by atoms with Crippen molar-refractivity contribution >= 4 is 0 Å². The number of nitriles is 6. The highest BCUT2D eigenvalue weighted by atomic mass is 19.4. The maximum Gasteiger partial charge on any atom is 0.417 e. The van der Waals surface area contributed by atoms with Crippen molar-refractivity contribution in [3.63, 3.8) is 0 Å². The first kappa shape index (κ1) is 34.8. The SMILES string of the molecule is CC.N#CCc1c(C#N)c(C#N)cc(C(F)(F)F)c1C(F)(F)F.N#CCc1c(C#N)cc(C#N)cc1C(F)(F)F. The maximum atomic E-state index is 12.9. The third kappa shape index (κ3) is 8.38. The molecule has 0 radical (unpaired) electrons. The summed E-state index contributed by atoms with van der Waals surface area (Å²) >= 11 is 0. The molecule has 0 aliphatic heterocycles. The molecule has 0 amide bonds. The molecule has 6 nitrogen and oxygen atoms in total. The fourth-order valence-electron chi connectivity index (χ4n) is 3.12. The Kier molecular flexibility index (Phi) is 12.2. The summed E-state index contributed by atoms with van der Waals surface area (Å²) in [5.74, 6) is 0. The smallest absolute Gasteiger partial charge is 0.198 e. The molecule has 0 aliphatic rings. The lowest BCUT2D eigenvalue weighted by atomic mass is 9.90. The Morgan fingerprint density at radius 3 is 1.38 bits per heavy atom. The standard InChI is InChI=1S/C12H3F6N3.C11H4F3N3.C2H6/c13-11(14,15)9-3-6(4-20)8(5-21)7(1-2-19)10(9)12(16,17)18;12-11(13,14)10-4-7(5-16)3-8(6-17)9(10)1-2-15;1-2/h3H,1H2;3-4H,1H2;1-2H3. The molecule has 2 aromatic rings. The van der Waals surface area contributed by atoms with Crippen LogP contribution in [0.25, 0.3) is 0 Å². The average Bonchev–Trinajstić information content (AvgIpc) is 2.88. The van der Waals surface area contributed by atoms with E-state index in [-0.39, 0.29) is 22.8 Å². The van der Waals surface area contributed by atoms with Gasteiger partial charge in [-0.1, -0.05) is 13.8 Å². The summed E-state index contributed by atoms with van der Waals surface area (Å²) in [5.41, 5.74) is -9.10. The monoisotopic (exact) mass is 568 g/mol. The number of rotatable bonds is 2. The van der Waals surface area contributed by atoms with Gasteiger partial charge in [-0.15, -0.1) is 0 Å². The summed E-state index contributed by atoms with van der Waals surface area (Å²) < 4.78 is 115. The van der Waals surface area contributed by atoms with Crippen LogP contribution in [-0.2, 0) is 31.4 Å². The van der Waals surface area contributed by atoms with Crippen molar-refractivity contribution in [1.29, 1.82) is 31.6 Å². The Morgan fingerprint density at radius 2 is 1.02 bits per heavy atom. The molecule has 0 aliphatic carbocycles. The van der Waals surface area contributed by atoms with Crippen LogP contribution in [0.15, 0.2) is 18.2 Å². The van der Waals surface area contributed by atoms with Crippen LogP contribution >= 0.6 is 0 Å². The van der Waals surface area contributed by atoms with Crippen molar-refractivity contribution in [3.05, 3.63) is 68.3 Å². The second-order valence-corrected chi connectivity index (χ2v) is 6.86. The molecule has 0 heterocycles. The van der Waals surface area contributed by atoms with Crippen molar-refractivity contribution in [1.82, 2.24) is 0 Å². The summed E-state index contributed by atoms with van der Waals surface area (Å²) in [6.45, 7) is 4.00.